The lowest BCUT2D eigenvalue weighted by Crippen LogP contribution is -2.41. The highest BCUT2D eigenvalue weighted by Gasteiger charge is 2.25. The fourth-order valence-electron chi connectivity index (χ4n) is 3.29. The summed E-state index contributed by atoms with van der Waals surface area (Å²) in [4.78, 5) is 14.5. The van der Waals surface area contributed by atoms with Crippen LogP contribution in [0.5, 0.6) is 5.75 Å². The molecule has 0 unspecified atom stereocenters. The van der Waals surface area contributed by atoms with Crippen molar-refractivity contribution in [1.82, 2.24) is 10.2 Å². The number of hydrogen-bond acceptors (Lipinski definition) is 3. The Hall–Kier alpha value is -1.82. The monoisotopic (exact) mass is 424 g/mol. The molecule has 1 fully saturated rings. The largest absolute Gasteiger partial charge is 0.490 e. The molecule has 1 saturated heterocycles. The highest BCUT2D eigenvalue weighted by Crippen LogP contribution is 2.23. The third kappa shape index (κ3) is 5.84. The summed E-state index contributed by atoms with van der Waals surface area (Å²) < 4.78 is 19.5. The molecule has 0 atom stereocenters. The Morgan fingerprint density at radius 2 is 1.93 bits per heavy atom. The summed E-state index contributed by atoms with van der Waals surface area (Å²) in [5, 5.41) is 3.87. The molecule has 0 saturated carbocycles. The first-order valence-electron chi connectivity index (χ1n) is 9.34. The van der Waals surface area contributed by atoms with Crippen LogP contribution in [0, 0.1) is 11.7 Å². The lowest BCUT2D eigenvalue weighted by molar-refractivity contribution is -0.126. The van der Waals surface area contributed by atoms with Gasteiger partial charge in [-0.05, 0) is 50.2 Å². The highest BCUT2D eigenvalue weighted by atomic mass is 35.5. The van der Waals surface area contributed by atoms with E-state index in [1.165, 1.54) is 6.07 Å². The molecule has 1 heterocycles. The highest BCUT2D eigenvalue weighted by molar-refractivity contribution is 6.32. The molecule has 7 heteroatoms. The summed E-state index contributed by atoms with van der Waals surface area (Å²) >= 11 is 11.8. The minimum absolute atomic E-state index is 0.0216. The zero-order chi connectivity index (χ0) is 19.9. The van der Waals surface area contributed by atoms with E-state index in [0.29, 0.717) is 41.1 Å². The van der Waals surface area contributed by atoms with Crippen molar-refractivity contribution >= 4 is 29.1 Å². The van der Waals surface area contributed by atoms with Crippen LogP contribution in [0.15, 0.2) is 42.5 Å². The molecule has 1 N–H and O–H groups in total. The van der Waals surface area contributed by atoms with Crippen LogP contribution in [0.1, 0.15) is 18.4 Å². The smallest absolute Gasteiger partial charge is 0.223 e. The van der Waals surface area contributed by atoms with Crippen LogP contribution in [0.2, 0.25) is 10.0 Å². The molecule has 2 aromatic rings. The molecular weight excluding hydrogens is 402 g/mol. The van der Waals surface area contributed by atoms with Gasteiger partial charge < -0.3 is 10.1 Å². The van der Waals surface area contributed by atoms with E-state index in [4.69, 9.17) is 27.9 Å². The van der Waals surface area contributed by atoms with Gasteiger partial charge in [-0.15, -0.1) is 0 Å². The molecule has 4 nitrogen and oxygen atoms in total. The summed E-state index contributed by atoms with van der Waals surface area (Å²) in [7, 11) is 0. The number of para-hydroxylation sites is 1. The van der Waals surface area contributed by atoms with Crippen LogP contribution in [-0.2, 0) is 11.3 Å². The van der Waals surface area contributed by atoms with Crippen LogP contribution >= 0.6 is 23.2 Å². The Labute approximate surface area is 174 Å². The topological polar surface area (TPSA) is 41.6 Å². The van der Waals surface area contributed by atoms with Crippen molar-refractivity contribution in [3.63, 3.8) is 0 Å². The first-order valence-corrected chi connectivity index (χ1v) is 10.1. The Morgan fingerprint density at radius 3 is 2.64 bits per heavy atom. The minimum Gasteiger partial charge on any atom is -0.490 e. The molecule has 0 radical (unpaired) electrons. The number of carbonyl (C=O) groups excluding carboxylic acids is 1. The number of likely N-dealkylation sites (tertiary alicyclic amines) is 1. The number of carbonyl (C=O) groups is 1. The second kappa shape index (κ2) is 10.1. The molecular formula is C21H23Cl2FN2O2. The van der Waals surface area contributed by atoms with E-state index in [0.717, 1.165) is 25.9 Å². The van der Waals surface area contributed by atoms with Crippen molar-refractivity contribution in [2.45, 2.75) is 19.4 Å². The van der Waals surface area contributed by atoms with E-state index in [1.54, 1.807) is 24.3 Å². The van der Waals surface area contributed by atoms with Crippen molar-refractivity contribution < 1.29 is 13.9 Å². The summed E-state index contributed by atoms with van der Waals surface area (Å²) in [5.41, 5.74) is 0.629. The van der Waals surface area contributed by atoms with Crippen molar-refractivity contribution in [3.05, 3.63) is 63.9 Å². The van der Waals surface area contributed by atoms with Crippen LogP contribution < -0.4 is 10.1 Å². The maximum absolute atomic E-state index is 13.9. The quantitative estimate of drug-likeness (QED) is 0.663. The fourth-order valence-corrected chi connectivity index (χ4v) is 3.63. The second-order valence-electron chi connectivity index (χ2n) is 6.86. The number of piperidine rings is 1. The lowest BCUT2D eigenvalue weighted by Gasteiger charge is -2.31. The Kier molecular flexibility index (Phi) is 7.54. The molecule has 2 aromatic carbocycles. The Morgan fingerprint density at radius 1 is 1.18 bits per heavy atom. The average Bonchev–Trinajstić information content (AvgIpc) is 2.69. The van der Waals surface area contributed by atoms with E-state index in [9.17, 15) is 9.18 Å². The molecule has 1 aliphatic heterocycles. The van der Waals surface area contributed by atoms with Crippen molar-refractivity contribution in [2.24, 2.45) is 5.92 Å². The zero-order valence-electron chi connectivity index (χ0n) is 15.5. The van der Waals surface area contributed by atoms with E-state index in [-0.39, 0.29) is 17.6 Å². The van der Waals surface area contributed by atoms with Crippen LogP contribution in [0.3, 0.4) is 0 Å². The van der Waals surface area contributed by atoms with Gasteiger partial charge in [0.1, 0.15) is 18.2 Å². The van der Waals surface area contributed by atoms with Gasteiger partial charge in [0, 0.05) is 23.0 Å². The minimum atomic E-state index is -0.286. The maximum Gasteiger partial charge on any atom is 0.223 e. The SMILES string of the molecule is O=C(NCCOc1ccccc1Cl)C1CCN(Cc2ccc(Cl)cc2F)CC1. The predicted molar refractivity (Wildman–Crippen MR) is 109 cm³/mol. The maximum atomic E-state index is 13.9. The van der Waals surface area contributed by atoms with Crippen molar-refractivity contribution in [2.75, 3.05) is 26.2 Å². The molecule has 150 valence electrons. The number of nitrogens with zero attached hydrogens (tertiary/aromatic N) is 1. The van der Waals surface area contributed by atoms with Gasteiger partial charge >= 0.3 is 0 Å². The van der Waals surface area contributed by atoms with Crippen LogP contribution in [0.25, 0.3) is 0 Å². The number of nitrogens with one attached hydrogen (secondary N) is 1. The van der Waals surface area contributed by atoms with E-state index < -0.39 is 0 Å². The number of amides is 1. The summed E-state index contributed by atoms with van der Waals surface area (Å²) in [6, 6.07) is 12.0. The number of ether oxygens (including phenoxy) is 1. The molecule has 0 spiro atoms. The molecule has 1 amide bonds. The predicted octanol–water partition coefficient (Wildman–Crippen LogP) is 4.54. The molecule has 28 heavy (non-hydrogen) atoms. The normalized spacial score (nSPS) is 15.4. The van der Waals surface area contributed by atoms with Gasteiger partial charge in [-0.1, -0.05) is 41.4 Å². The first-order chi connectivity index (χ1) is 13.5. The van der Waals surface area contributed by atoms with Gasteiger partial charge in [0.2, 0.25) is 5.91 Å². The summed E-state index contributed by atoms with van der Waals surface area (Å²) in [6.07, 6.45) is 1.51. The molecule has 0 aliphatic carbocycles. The third-order valence-corrected chi connectivity index (χ3v) is 5.41. The molecule has 3 rings (SSSR count). The second-order valence-corrected chi connectivity index (χ2v) is 7.70. The zero-order valence-corrected chi connectivity index (χ0v) is 17.0. The van der Waals surface area contributed by atoms with Gasteiger partial charge in [-0.2, -0.15) is 0 Å². The molecule has 0 bridgehead atoms. The average molecular weight is 425 g/mol. The number of benzene rings is 2. The van der Waals surface area contributed by atoms with Gasteiger partial charge in [0.15, 0.2) is 0 Å². The molecule has 1 aliphatic rings. The van der Waals surface area contributed by atoms with E-state index >= 15 is 0 Å². The van der Waals surface area contributed by atoms with Gasteiger partial charge in [-0.25, -0.2) is 4.39 Å². The fraction of sp³-hybridized carbons (Fsp3) is 0.381. The van der Waals surface area contributed by atoms with Crippen molar-refractivity contribution in [1.29, 1.82) is 0 Å². The Balaban J connectivity index is 1.37. The first kappa shape index (κ1) is 20.9. The van der Waals surface area contributed by atoms with Crippen LogP contribution in [-0.4, -0.2) is 37.0 Å². The Bertz CT molecular complexity index is 811. The molecule has 0 aromatic heterocycles. The van der Waals surface area contributed by atoms with Crippen molar-refractivity contribution in [3.8, 4) is 5.75 Å². The number of hydrogen-bond donors (Lipinski definition) is 1. The van der Waals surface area contributed by atoms with Gasteiger partial charge in [-0.3, -0.25) is 9.69 Å². The van der Waals surface area contributed by atoms with E-state index in [1.807, 2.05) is 12.1 Å². The number of rotatable bonds is 7. The number of halogens is 3. The van der Waals surface area contributed by atoms with Crippen LogP contribution in [0.4, 0.5) is 4.39 Å². The summed E-state index contributed by atoms with van der Waals surface area (Å²) in [6.45, 7) is 2.85. The van der Waals surface area contributed by atoms with Gasteiger partial charge in [0.25, 0.3) is 0 Å². The summed E-state index contributed by atoms with van der Waals surface area (Å²) in [5.74, 6) is 0.346. The lowest BCUT2D eigenvalue weighted by atomic mass is 9.95. The standard InChI is InChI=1S/C21H23Cl2FN2O2/c22-17-6-5-16(19(24)13-17)14-26-10-7-15(8-11-26)21(27)25-9-12-28-20-4-2-1-3-18(20)23/h1-6,13,15H,7-12,14H2,(H,25,27). The van der Waals surface area contributed by atoms with E-state index in [2.05, 4.69) is 10.2 Å². The van der Waals surface area contributed by atoms with Gasteiger partial charge in [0.05, 0.1) is 11.6 Å². The third-order valence-electron chi connectivity index (χ3n) is 4.86.